The highest BCUT2D eigenvalue weighted by Gasteiger charge is 2.51. The number of fused-ring (bicyclic) bond motifs is 15. The number of anilines is 3. The number of rotatable bonds is 6. The minimum atomic E-state index is -0.490. The fourth-order valence-electron chi connectivity index (χ4n) is 11.7. The van der Waals surface area contributed by atoms with Gasteiger partial charge in [0.1, 0.15) is 11.2 Å². The van der Waals surface area contributed by atoms with Crippen LogP contribution in [0.5, 0.6) is 0 Å². The van der Waals surface area contributed by atoms with Crippen molar-refractivity contribution in [1.29, 1.82) is 0 Å². The number of hydrogen-bond donors (Lipinski definition) is 0. The van der Waals surface area contributed by atoms with Crippen molar-refractivity contribution in [2.45, 2.75) is 5.41 Å². The lowest BCUT2D eigenvalue weighted by atomic mass is 9.70. The Bertz CT molecular complexity index is 3870. The molecule has 312 valence electrons. The van der Waals surface area contributed by atoms with Crippen LogP contribution in [0.25, 0.3) is 88.3 Å². The molecular formula is C65H41NO. The average Bonchev–Trinajstić information content (AvgIpc) is 4.04. The van der Waals surface area contributed by atoms with Gasteiger partial charge in [-0.3, -0.25) is 0 Å². The van der Waals surface area contributed by atoms with Gasteiger partial charge in [0.25, 0.3) is 0 Å². The van der Waals surface area contributed by atoms with Gasteiger partial charge in [-0.1, -0.05) is 206 Å². The van der Waals surface area contributed by atoms with Gasteiger partial charge >= 0.3 is 0 Å². The van der Waals surface area contributed by atoms with Gasteiger partial charge < -0.3 is 9.32 Å². The smallest absolute Gasteiger partial charge is 0.143 e. The Morgan fingerprint density at radius 3 is 1.52 bits per heavy atom. The number of para-hydroxylation sites is 1. The number of benzene rings is 11. The summed E-state index contributed by atoms with van der Waals surface area (Å²) in [6, 6.07) is 91.2. The predicted octanol–water partition coefficient (Wildman–Crippen LogP) is 17.6. The molecule has 2 aliphatic carbocycles. The second kappa shape index (κ2) is 14.7. The highest BCUT2D eigenvalue weighted by atomic mass is 16.3. The first kappa shape index (κ1) is 37.6. The predicted molar refractivity (Wildman–Crippen MR) is 279 cm³/mol. The summed E-state index contributed by atoms with van der Waals surface area (Å²) in [5, 5.41) is 4.40. The quantitative estimate of drug-likeness (QED) is 0.166. The summed E-state index contributed by atoms with van der Waals surface area (Å²) < 4.78 is 7.07. The monoisotopic (exact) mass is 851 g/mol. The van der Waals surface area contributed by atoms with Crippen molar-refractivity contribution in [2.75, 3.05) is 4.90 Å². The fourth-order valence-corrected chi connectivity index (χ4v) is 11.7. The number of nitrogens with zero attached hydrogens (tertiary/aromatic N) is 1. The Balaban J connectivity index is 1.07. The minimum Gasteiger partial charge on any atom is -0.455 e. The van der Waals surface area contributed by atoms with E-state index in [4.69, 9.17) is 4.42 Å². The maximum absolute atomic E-state index is 7.07. The summed E-state index contributed by atoms with van der Waals surface area (Å²) in [5.74, 6) is 0. The van der Waals surface area contributed by atoms with E-state index < -0.39 is 5.41 Å². The molecule has 2 aliphatic rings. The minimum absolute atomic E-state index is 0.490. The van der Waals surface area contributed by atoms with E-state index in [0.717, 1.165) is 66.5 Å². The molecule has 2 heteroatoms. The normalized spacial score (nSPS) is 12.9. The molecule has 12 aromatic rings. The standard InChI is InChI=1S/C65H41NO/c1-3-19-42(20-4-1)44-23-17-24-45(39-44)54-41-55-63-61(35-18-36-62(63)67-64(55)53-30-8-7-26-48(53)54)66(60-34-16-12-25-47(60)43-21-5-2-6-22-43)46-37-38-52-51-29-11-15-33-58(51)65(59(52)40-46)56-31-13-9-27-49(56)50-28-10-14-32-57(50)65/h1-41H. The fraction of sp³-hybridized carbons (Fsp3) is 0.0154. The number of furan rings is 1. The summed E-state index contributed by atoms with van der Waals surface area (Å²) in [6.07, 6.45) is 0. The van der Waals surface area contributed by atoms with Crippen molar-refractivity contribution in [3.05, 3.63) is 271 Å². The Kier molecular flexibility index (Phi) is 8.23. The van der Waals surface area contributed by atoms with Gasteiger partial charge in [0.2, 0.25) is 0 Å². The van der Waals surface area contributed by atoms with Crippen LogP contribution in [0.4, 0.5) is 17.1 Å². The molecule has 0 atom stereocenters. The molecular weight excluding hydrogens is 811 g/mol. The topological polar surface area (TPSA) is 16.4 Å². The SMILES string of the molecule is c1ccc(-c2cccc(-c3cc4c(oc5cccc(N(c6ccc7c(c6)C6(c8ccccc8-c8ccccc86)c6ccccc6-7)c6ccccc6-c6ccccc6)c54)c4ccccc34)c2)cc1. The van der Waals surface area contributed by atoms with Crippen molar-refractivity contribution < 1.29 is 4.42 Å². The third kappa shape index (κ3) is 5.45. The van der Waals surface area contributed by atoms with Crippen LogP contribution >= 0.6 is 0 Å². The van der Waals surface area contributed by atoms with Gasteiger partial charge in [-0.15, -0.1) is 0 Å². The van der Waals surface area contributed by atoms with E-state index in [0.29, 0.717) is 0 Å². The van der Waals surface area contributed by atoms with Crippen LogP contribution in [0.15, 0.2) is 253 Å². The van der Waals surface area contributed by atoms with Gasteiger partial charge in [0.15, 0.2) is 0 Å². The van der Waals surface area contributed by atoms with E-state index in [9.17, 15) is 0 Å². The molecule has 67 heavy (non-hydrogen) atoms. The van der Waals surface area contributed by atoms with Crippen molar-refractivity contribution in [1.82, 2.24) is 0 Å². The van der Waals surface area contributed by atoms with Crippen molar-refractivity contribution in [3.63, 3.8) is 0 Å². The lowest BCUT2D eigenvalue weighted by molar-refractivity contribution is 0.672. The van der Waals surface area contributed by atoms with Gasteiger partial charge in [0, 0.05) is 22.0 Å². The molecule has 0 saturated heterocycles. The highest BCUT2D eigenvalue weighted by molar-refractivity contribution is 6.23. The largest absolute Gasteiger partial charge is 0.455 e. The molecule has 0 fully saturated rings. The Labute approximate surface area is 389 Å². The molecule has 0 aliphatic heterocycles. The number of hydrogen-bond acceptors (Lipinski definition) is 2. The zero-order valence-corrected chi connectivity index (χ0v) is 36.5. The zero-order valence-electron chi connectivity index (χ0n) is 36.5. The second-order valence-electron chi connectivity index (χ2n) is 17.9. The van der Waals surface area contributed by atoms with E-state index >= 15 is 0 Å². The van der Waals surface area contributed by atoms with E-state index in [2.05, 4.69) is 254 Å². The maximum Gasteiger partial charge on any atom is 0.143 e. The highest BCUT2D eigenvalue weighted by Crippen LogP contribution is 2.63. The molecule has 1 spiro atoms. The van der Waals surface area contributed by atoms with Crippen LogP contribution in [0.1, 0.15) is 22.3 Å². The molecule has 0 unspecified atom stereocenters. The summed E-state index contributed by atoms with van der Waals surface area (Å²) >= 11 is 0. The van der Waals surface area contributed by atoms with Crippen LogP contribution in [0.2, 0.25) is 0 Å². The average molecular weight is 852 g/mol. The van der Waals surface area contributed by atoms with Crippen molar-refractivity contribution in [2.24, 2.45) is 0 Å². The zero-order chi connectivity index (χ0) is 44.1. The molecule has 14 rings (SSSR count). The molecule has 11 aromatic carbocycles. The van der Waals surface area contributed by atoms with Gasteiger partial charge in [0.05, 0.1) is 22.2 Å². The molecule has 2 nitrogen and oxygen atoms in total. The van der Waals surface area contributed by atoms with Crippen molar-refractivity contribution >= 4 is 49.8 Å². The van der Waals surface area contributed by atoms with E-state index in [1.54, 1.807) is 0 Å². The molecule has 1 aromatic heterocycles. The first-order valence-corrected chi connectivity index (χ1v) is 23.2. The van der Waals surface area contributed by atoms with Crippen LogP contribution in [0.3, 0.4) is 0 Å². The first-order chi connectivity index (χ1) is 33.3. The Morgan fingerprint density at radius 1 is 0.299 bits per heavy atom. The third-order valence-corrected chi connectivity index (χ3v) is 14.5. The molecule has 0 N–H and O–H groups in total. The molecule has 1 heterocycles. The van der Waals surface area contributed by atoms with Gasteiger partial charge in [-0.05, 0) is 120 Å². The molecule has 0 saturated carbocycles. The molecule has 0 amide bonds. The van der Waals surface area contributed by atoms with Crippen molar-refractivity contribution in [3.8, 4) is 55.6 Å². The van der Waals surface area contributed by atoms with Gasteiger partial charge in [-0.25, -0.2) is 0 Å². The third-order valence-electron chi connectivity index (χ3n) is 14.5. The van der Waals surface area contributed by atoms with E-state index in [1.165, 1.54) is 61.2 Å². The Morgan fingerprint density at radius 2 is 0.821 bits per heavy atom. The second-order valence-corrected chi connectivity index (χ2v) is 17.9. The van der Waals surface area contributed by atoms with Crippen LogP contribution in [0, 0.1) is 0 Å². The summed E-state index contributed by atoms with van der Waals surface area (Å²) in [4.78, 5) is 2.49. The lowest BCUT2D eigenvalue weighted by Crippen LogP contribution is -2.26. The first-order valence-electron chi connectivity index (χ1n) is 23.2. The van der Waals surface area contributed by atoms with E-state index in [1.807, 2.05) is 0 Å². The molecule has 0 bridgehead atoms. The lowest BCUT2D eigenvalue weighted by Gasteiger charge is -2.33. The Hall–Kier alpha value is -8.72. The van der Waals surface area contributed by atoms with Crippen LogP contribution in [-0.4, -0.2) is 0 Å². The summed E-state index contributed by atoms with van der Waals surface area (Å²) in [7, 11) is 0. The molecule has 0 radical (unpaired) electrons. The van der Waals surface area contributed by atoms with Crippen LogP contribution < -0.4 is 4.90 Å². The van der Waals surface area contributed by atoms with Gasteiger partial charge in [-0.2, -0.15) is 0 Å². The summed E-state index contributed by atoms with van der Waals surface area (Å²) in [6.45, 7) is 0. The van der Waals surface area contributed by atoms with E-state index in [-0.39, 0.29) is 0 Å². The maximum atomic E-state index is 7.07. The summed E-state index contributed by atoms with van der Waals surface area (Å²) in [5.41, 5.74) is 21.9. The van der Waals surface area contributed by atoms with Crippen LogP contribution in [-0.2, 0) is 5.41 Å².